The van der Waals surface area contributed by atoms with Crippen LogP contribution in [-0.4, -0.2) is 43.5 Å². The van der Waals surface area contributed by atoms with Gasteiger partial charge in [-0.3, -0.25) is 14.4 Å². The van der Waals surface area contributed by atoms with Crippen molar-refractivity contribution in [3.63, 3.8) is 0 Å². The van der Waals surface area contributed by atoms with Crippen LogP contribution in [0.1, 0.15) is 25.3 Å². The van der Waals surface area contributed by atoms with Crippen molar-refractivity contribution in [1.29, 1.82) is 0 Å². The van der Waals surface area contributed by atoms with E-state index in [-0.39, 0.29) is 12.3 Å². The van der Waals surface area contributed by atoms with Crippen LogP contribution in [0.4, 0.5) is 0 Å². The van der Waals surface area contributed by atoms with Crippen molar-refractivity contribution in [2.75, 3.05) is 20.8 Å². The van der Waals surface area contributed by atoms with E-state index in [0.717, 1.165) is 17.7 Å². The van der Waals surface area contributed by atoms with E-state index < -0.39 is 29.7 Å². The first-order valence-electron chi connectivity index (χ1n) is 10.7. The van der Waals surface area contributed by atoms with Gasteiger partial charge in [-0.2, -0.15) is 0 Å². The standard InChI is InChI=1S/C25H29NO6/c1-4-14-26(23(27)20-15-21(24(28)30-2)22(20)25(29)31-3)16-17-10-12-19(13-11-17)32-18-8-6-5-7-9-18/h5-13,20-22H,4,14-16H2,1-3H3. The molecule has 3 atom stereocenters. The number of carbonyl (C=O) groups excluding carboxylic acids is 3. The summed E-state index contributed by atoms with van der Waals surface area (Å²) in [4.78, 5) is 39.2. The summed E-state index contributed by atoms with van der Waals surface area (Å²) in [5.74, 6) is -1.75. The summed E-state index contributed by atoms with van der Waals surface area (Å²) in [5, 5.41) is 0. The van der Waals surface area contributed by atoms with E-state index in [9.17, 15) is 14.4 Å². The fourth-order valence-electron chi connectivity index (χ4n) is 4.04. The van der Waals surface area contributed by atoms with Crippen LogP contribution in [0.5, 0.6) is 11.5 Å². The van der Waals surface area contributed by atoms with Gasteiger partial charge in [0.05, 0.1) is 32.0 Å². The van der Waals surface area contributed by atoms with Crippen LogP contribution in [0, 0.1) is 17.8 Å². The Morgan fingerprint density at radius 2 is 1.50 bits per heavy atom. The van der Waals surface area contributed by atoms with E-state index in [1.165, 1.54) is 14.2 Å². The summed E-state index contributed by atoms with van der Waals surface area (Å²) in [6, 6.07) is 17.1. The van der Waals surface area contributed by atoms with Gasteiger partial charge >= 0.3 is 11.9 Å². The smallest absolute Gasteiger partial charge is 0.310 e. The number of benzene rings is 2. The molecule has 7 nitrogen and oxygen atoms in total. The molecule has 1 fully saturated rings. The molecule has 0 heterocycles. The van der Waals surface area contributed by atoms with E-state index in [1.807, 2.05) is 61.5 Å². The fourth-order valence-corrected chi connectivity index (χ4v) is 4.04. The molecule has 170 valence electrons. The minimum atomic E-state index is -0.805. The number of amides is 1. The topological polar surface area (TPSA) is 82.1 Å². The van der Waals surface area contributed by atoms with E-state index in [0.29, 0.717) is 18.8 Å². The van der Waals surface area contributed by atoms with Crippen LogP contribution in [0.2, 0.25) is 0 Å². The lowest BCUT2D eigenvalue weighted by Gasteiger charge is -2.42. The molecule has 2 aromatic carbocycles. The monoisotopic (exact) mass is 439 g/mol. The molecule has 0 spiro atoms. The molecular formula is C25H29NO6. The number of hydrogen-bond donors (Lipinski definition) is 0. The van der Waals surface area contributed by atoms with Gasteiger partial charge in [-0.1, -0.05) is 37.3 Å². The Labute approximate surface area is 188 Å². The van der Waals surface area contributed by atoms with E-state index in [1.54, 1.807) is 4.90 Å². The van der Waals surface area contributed by atoms with Gasteiger partial charge in [-0.05, 0) is 42.7 Å². The zero-order valence-corrected chi connectivity index (χ0v) is 18.7. The number of hydrogen-bond acceptors (Lipinski definition) is 6. The van der Waals surface area contributed by atoms with Crippen LogP contribution >= 0.6 is 0 Å². The van der Waals surface area contributed by atoms with Crippen molar-refractivity contribution in [3.05, 3.63) is 60.2 Å². The number of para-hydroxylation sites is 1. The summed E-state index contributed by atoms with van der Waals surface area (Å²) in [5.41, 5.74) is 0.950. The lowest BCUT2D eigenvalue weighted by Crippen LogP contribution is -2.54. The summed E-state index contributed by atoms with van der Waals surface area (Å²) in [6.07, 6.45) is 1.06. The van der Waals surface area contributed by atoms with Crippen molar-refractivity contribution < 1.29 is 28.6 Å². The minimum Gasteiger partial charge on any atom is -0.469 e. The molecule has 0 bridgehead atoms. The molecule has 3 unspecified atom stereocenters. The largest absolute Gasteiger partial charge is 0.469 e. The maximum atomic E-state index is 13.3. The highest BCUT2D eigenvalue weighted by atomic mass is 16.5. The van der Waals surface area contributed by atoms with Gasteiger partial charge < -0.3 is 19.1 Å². The van der Waals surface area contributed by atoms with Crippen LogP contribution in [0.25, 0.3) is 0 Å². The molecule has 0 saturated heterocycles. The quantitative estimate of drug-likeness (QED) is 0.553. The van der Waals surface area contributed by atoms with Crippen LogP contribution in [0.15, 0.2) is 54.6 Å². The number of methoxy groups -OCH3 is 2. The zero-order chi connectivity index (χ0) is 23.1. The summed E-state index contributed by atoms with van der Waals surface area (Å²) >= 11 is 0. The summed E-state index contributed by atoms with van der Waals surface area (Å²) in [7, 11) is 2.54. The molecule has 1 aliphatic carbocycles. The summed E-state index contributed by atoms with van der Waals surface area (Å²) in [6.45, 7) is 2.95. The van der Waals surface area contributed by atoms with Gasteiger partial charge in [0.2, 0.25) is 5.91 Å². The highest BCUT2D eigenvalue weighted by molar-refractivity contribution is 5.92. The second-order valence-electron chi connectivity index (χ2n) is 7.84. The molecule has 7 heteroatoms. The molecule has 32 heavy (non-hydrogen) atoms. The van der Waals surface area contributed by atoms with Crippen LogP contribution in [0.3, 0.4) is 0 Å². The fraction of sp³-hybridized carbons (Fsp3) is 0.400. The molecule has 0 radical (unpaired) electrons. The maximum Gasteiger partial charge on any atom is 0.310 e. The normalized spacial score (nSPS) is 19.4. The maximum absolute atomic E-state index is 13.3. The van der Waals surface area contributed by atoms with Crippen molar-refractivity contribution in [1.82, 2.24) is 4.90 Å². The van der Waals surface area contributed by atoms with E-state index in [2.05, 4.69) is 0 Å². The third-order valence-electron chi connectivity index (χ3n) is 5.75. The molecule has 1 saturated carbocycles. The van der Waals surface area contributed by atoms with Gasteiger partial charge in [0.1, 0.15) is 11.5 Å². The van der Waals surface area contributed by atoms with Gasteiger partial charge in [0.15, 0.2) is 0 Å². The van der Waals surface area contributed by atoms with Gasteiger partial charge in [0.25, 0.3) is 0 Å². The Balaban J connectivity index is 1.68. The lowest BCUT2D eigenvalue weighted by atomic mass is 9.64. The Morgan fingerprint density at radius 1 is 0.875 bits per heavy atom. The third-order valence-corrected chi connectivity index (χ3v) is 5.75. The predicted octanol–water partition coefficient (Wildman–Crippen LogP) is 3.82. The Bertz CT molecular complexity index is 927. The first-order chi connectivity index (χ1) is 15.5. The molecule has 3 rings (SSSR count). The first kappa shape index (κ1) is 23.3. The molecule has 1 amide bonds. The van der Waals surface area contributed by atoms with Gasteiger partial charge in [-0.15, -0.1) is 0 Å². The number of esters is 2. The second kappa shape index (κ2) is 10.8. The Morgan fingerprint density at radius 3 is 2.09 bits per heavy atom. The van der Waals surface area contributed by atoms with Crippen molar-refractivity contribution >= 4 is 17.8 Å². The molecule has 0 aliphatic heterocycles. The number of carbonyl (C=O) groups is 3. The van der Waals surface area contributed by atoms with E-state index >= 15 is 0 Å². The average Bonchev–Trinajstić information content (AvgIpc) is 2.79. The number of nitrogens with zero attached hydrogens (tertiary/aromatic N) is 1. The second-order valence-corrected chi connectivity index (χ2v) is 7.84. The Hall–Kier alpha value is -3.35. The van der Waals surface area contributed by atoms with E-state index in [4.69, 9.17) is 14.2 Å². The lowest BCUT2D eigenvalue weighted by molar-refractivity contribution is -0.175. The Kier molecular flexibility index (Phi) is 7.87. The number of rotatable bonds is 9. The molecule has 0 aromatic heterocycles. The predicted molar refractivity (Wildman–Crippen MR) is 118 cm³/mol. The van der Waals surface area contributed by atoms with Crippen molar-refractivity contribution in [2.45, 2.75) is 26.3 Å². The van der Waals surface area contributed by atoms with Gasteiger partial charge in [0, 0.05) is 13.1 Å². The third kappa shape index (κ3) is 5.28. The first-order valence-corrected chi connectivity index (χ1v) is 10.7. The zero-order valence-electron chi connectivity index (χ0n) is 18.7. The van der Waals surface area contributed by atoms with Crippen LogP contribution in [-0.2, 0) is 30.4 Å². The SMILES string of the molecule is CCCN(Cc1ccc(Oc2ccccc2)cc1)C(=O)C1CC(C(=O)OC)C1C(=O)OC. The van der Waals surface area contributed by atoms with Crippen molar-refractivity contribution in [2.24, 2.45) is 17.8 Å². The average molecular weight is 440 g/mol. The molecule has 0 N–H and O–H groups in total. The van der Waals surface area contributed by atoms with Crippen molar-refractivity contribution in [3.8, 4) is 11.5 Å². The van der Waals surface area contributed by atoms with Gasteiger partial charge in [-0.25, -0.2) is 0 Å². The molecule has 1 aliphatic rings. The highest BCUT2D eigenvalue weighted by Crippen LogP contribution is 2.43. The summed E-state index contributed by atoms with van der Waals surface area (Å²) < 4.78 is 15.4. The van der Waals surface area contributed by atoms with Crippen LogP contribution < -0.4 is 4.74 Å². The number of ether oxygens (including phenoxy) is 3. The highest BCUT2D eigenvalue weighted by Gasteiger charge is 2.54. The minimum absolute atomic E-state index is 0.146. The molecule has 2 aromatic rings. The molecular weight excluding hydrogens is 410 g/mol.